The van der Waals surface area contributed by atoms with Crippen LogP contribution in [-0.4, -0.2) is 49.0 Å². The zero-order chi connectivity index (χ0) is 19.6. The van der Waals surface area contributed by atoms with E-state index >= 15 is 0 Å². The fraction of sp³-hybridized carbons (Fsp3) is 0.455. The molecule has 1 aromatic heterocycles. The number of likely N-dealkylation sites (tertiary alicyclic amines) is 2. The summed E-state index contributed by atoms with van der Waals surface area (Å²) in [5.74, 6) is 0.923. The number of benzene rings is 1. The summed E-state index contributed by atoms with van der Waals surface area (Å²) < 4.78 is 6.05. The molecule has 0 saturated carbocycles. The molecule has 1 atom stereocenters. The molecule has 3 heterocycles. The second-order valence-corrected chi connectivity index (χ2v) is 8.09. The highest BCUT2D eigenvalue weighted by Crippen LogP contribution is 2.39. The highest BCUT2D eigenvalue weighted by Gasteiger charge is 2.42. The van der Waals surface area contributed by atoms with Crippen molar-refractivity contribution in [2.45, 2.75) is 25.8 Å². The smallest absolute Gasteiger partial charge is 0.254 e. The van der Waals surface area contributed by atoms with Crippen molar-refractivity contribution in [2.24, 2.45) is 5.41 Å². The maximum absolute atomic E-state index is 12.8. The summed E-state index contributed by atoms with van der Waals surface area (Å²) in [5.41, 5.74) is 2.03. The van der Waals surface area contributed by atoms with Crippen LogP contribution in [0.1, 0.15) is 35.2 Å². The summed E-state index contributed by atoms with van der Waals surface area (Å²) >= 11 is 0. The van der Waals surface area contributed by atoms with Crippen LogP contribution in [0.2, 0.25) is 0 Å². The van der Waals surface area contributed by atoms with Crippen LogP contribution in [-0.2, 0) is 6.54 Å². The van der Waals surface area contributed by atoms with Crippen molar-refractivity contribution >= 4 is 5.91 Å². The Kier molecular flexibility index (Phi) is 5.22. The molecule has 4 rings (SSSR count). The van der Waals surface area contributed by atoms with E-state index in [0.717, 1.165) is 51.3 Å². The van der Waals surface area contributed by atoms with Gasteiger partial charge in [0.2, 0.25) is 0 Å². The van der Waals surface area contributed by atoms with Crippen LogP contribution in [0.3, 0.4) is 0 Å². The maximum atomic E-state index is 12.8. The lowest BCUT2D eigenvalue weighted by molar-refractivity contribution is -0.605. The average molecular weight is 381 g/mol. The Labute approximate surface area is 165 Å². The predicted octanol–water partition coefficient (Wildman–Crippen LogP) is 2.46. The van der Waals surface area contributed by atoms with Crippen molar-refractivity contribution in [3.63, 3.8) is 0 Å². The number of pyridine rings is 1. The molecular formula is C22H27N3O3. The molecule has 0 aliphatic carbocycles. The van der Waals surface area contributed by atoms with Crippen molar-refractivity contribution in [1.29, 1.82) is 0 Å². The van der Waals surface area contributed by atoms with Crippen molar-refractivity contribution < 1.29 is 14.3 Å². The summed E-state index contributed by atoms with van der Waals surface area (Å²) in [6.07, 6.45) is 6.14. The van der Waals surface area contributed by atoms with Crippen molar-refractivity contribution in [1.82, 2.24) is 9.80 Å². The van der Waals surface area contributed by atoms with Gasteiger partial charge in [0.05, 0.1) is 12.7 Å². The van der Waals surface area contributed by atoms with E-state index in [1.807, 2.05) is 17.0 Å². The van der Waals surface area contributed by atoms with Crippen molar-refractivity contribution in [3.05, 3.63) is 65.1 Å². The number of piperidine rings is 1. The van der Waals surface area contributed by atoms with Crippen LogP contribution in [0.5, 0.6) is 5.75 Å². The van der Waals surface area contributed by atoms with Crippen LogP contribution in [0.25, 0.3) is 0 Å². The normalized spacial score (nSPS) is 22.5. The van der Waals surface area contributed by atoms with Gasteiger partial charge in [0.15, 0.2) is 12.4 Å². The third-order valence-corrected chi connectivity index (χ3v) is 6.06. The molecule has 6 nitrogen and oxygen atoms in total. The Balaban J connectivity index is 1.41. The van der Waals surface area contributed by atoms with E-state index in [0.29, 0.717) is 10.3 Å². The third kappa shape index (κ3) is 3.97. The molecule has 1 amide bonds. The van der Waals surface area contributed by atoms with Gasteiger partial charge in [0.25, 0.3) is 5.91 Å². The summed E-state index contributed by atoms with van der Waals surface area (Å²) in [5, 5.41) is 11.2. The molecule has 1 spiro atoms. The SMILES string of the molecule is COc1cccc(CN2CCCC3(CCN(C(=O)c4cc[n+]([O-])cc4)C3)C2)c1. The summed E-state index contributed by atoms with van der Waals surface area (Å²) in [6.45, 7) is 4.61. The van der Waals surface area contributed by atoms with Gasteiger partial charge in [0, 0.05) is 43.7 Å². The van der Waals surface area contributed by atoms with Crippen molar-refractivity contribution in [3.8, 4) is 5.75 Å². The number of carbonyl (C=O) groups is 1. The number of aromatic nitrogens is 1. The molecule has 2 saturated heterocycles. The Hall–Kier alpha value is -2.60. The minimum atomic E-state index is 0.0300. The molecular weight excluding hydrogens is 354 g/mol. The third-order valence-electron chi connectivity index (χ3n) is 6.06. The van der Waals surface area contributed by atoms with E-state index < -0.39 is 0 Å². The fourth-order valence-electron chi connectivity index (χ4n) is 4.65. The largest absolute Gasteiger partial charge is 0.619 e. The highest BCUT2D eigenvalue weighted by atomic mass is 16.5. The summed E-state index contributed by atoms with van der Waals surface area (Å²) in [7, 11) is 1.70. The fourth-order valence-corrected chi connectivity index (χ4v) is 4.65. The Morgan fingerprint density at radius 3 is 2.79 bits per heavy atom. The molecule has 2 aliphatic rings. The Morgan fingerprint density at radius 1 is 1.18 bits per heavy atom. The number of hydrogen-bond acceptors (Lipinski definition) is 4. The lowest BCUT2D eigenvalue weighted by atomic mass is 9.79. The number of carbonyl (C=O) groups excluding carboxylic acids is 1. The van der Waals surface area contributed by atoms with Gasteiger partial charge >= 0.3 is 0 Å². The van der Waals surface area contributed by atoms with Crippen LogP contribution in [0.15, 0.2) is 48.8 Å². The van der Waals surface area contributed by atoms with Gasteiger partial charge in [-0.2, -0.15) is 4.73 Å². The van der Waals surface area contributed by atoms with E-state index in [4.69, 9.17) is 4.74 Å². The lowest BCUT2D eigenvalue weighted by Crippen LogP contribution is -2.45. The molecule has 1 aromatic carbocycles. The second kappa shape index (κ2) is 7.80. The van der Waals surface area contributed by atoms with Gasteiger partial charge in [-0.25, -0.2) is 0 Å². The van der Waals surface area contributed by atoms with E-state index in [1.165, 1.54) is 24.4 Å². The topological polar surface area (TPSA) is 59.7 Å². The molecule has 2 fully saturated rings. The molecule has 6 heteroatoms. The Morgan fingerprint density at radius 2 is 2.00 bits per heavy atom. The lowest BCUT2D eigenvalue weighted by Gasteiger charge is -2.40. The number of nitrogens with zero attached hydrogens (tertiary/aromatic N) is 3. The zero-order valence-corrected chi connectivity index (χ0v) is 16.3. The minimum Gasteiger partial charge on any atom is -0.619 e. The number of amides is 1. The van der Waals surface area contributed by atoms with Crippen molar-refractivity contribution in [2.75, 3.05) is 33.3 Å². The molecule has 1 unspecified atom stereocenters. The predicted molar refractivity (Wildman–Crippen MR) is 106 cm³/mol. The maximum Gasteiger partial charge on any atom is 0.254 e. The molecule has 28 heavy (non-hydrogen) atoms. The number of rotatable bonds is 4. The van der Waals surface area contributed by atoms with E-state index in [9.17, 15) is 10.0 Å². The van der Waals surface area contributed by atoms with Gasteiger partial charge in [-0.3, -0.25) is 9.69 Å². The number of methoxy groups -OCH3 is 1. The first kappa shape index (κ1) is 18.7. The van der Waals surface area contributed by atoms with Crippen LogP contribution in [0.4, 0.5) is 0 Å². The summed E-state index contributed by atoms with van der Waals surface area (Å²) in [6, 6.07) is 11.5. The molecule has 148 valence electrons. The Bertz CT molecular complexity index is 839. The van der Waals surface area contributed by atoms with Crippen LogP contribution in [0, 0.1) is 10.6 Å². The van der Waals surface area contributed by atoms with Gasteiger partial charge in [-0.1, -0.05) is 12.1 Å². The molecule has 0 N–H and O–H groups in total. The molecule has 0 radical (unpaired) electrons. The van der Waals surface area contributed by atoms with Gasteiger partial charge in [-0.05, 0) is 43.5 Å². The van der Waals surface area contributed by atoms with Gasteiger partial charge in [0.1, 0.15) is 5.75 Å². The van der Waals surface area contributed by atoms with Crippen LogP contribution >= 0.6 is 0 Å². The monoisotopic (exact) mass is 381 g/mol. The number of ether oxygens (including phenoxy) is 1. The minimum absolute atomic E-state index is 0.0300. The first-order valence-electron chi connectivity index (χ1n) is 9.90. The molecule has 0 bridgehead atoms. The van der Waals surface area contributed by atoms with E-state index in [-0.39, 0.29) is 11.3 Å². The number of hydrogen-bond donors (Lipinski definition) is 0. The van der Waals surface area contributed by atoms with Gasteiger partial charge < -0.3 is 14.8 Å². The van der Waals surface area contributed by atoms with Gasteiger partial charge in [-0.15, -0.1) is 0 Å². The zero-order valence-electron chi connectivity index (χ0n) is 16.3. The van der Waals surface area contributed by atoms with E-state index in [1.54, 1.807) is 19.2 Å². The molecule has 2 aromatic rings. The quantitative estimate of drug-likeness (QED) is 0.603. The summed E-state index contributed by atoms with van der Waals surface area (Å²) in [4.78, 5) is 17.3. The molecule has 2 aliphatic heterocycles. The highest BCUT2D eigenvalue weighted by molar-refractivity contribution is 5.94. The first-order chi connectivity index (χ1) is 13.6. The first-order valence-corrected chi connectivity index (χ1v) is 9.90. The van der Waals surface area contributed by atoms with Crippen LogP contribution < -0.4 is 9.47 Å². The average Bonchev–Trinajstić information content (AvgIpc) is 3.11. The standard InChI is InChI=1S/C22H27N3O3/c1-28-20-5-2-4-18(14-20)15-23-10-3-8-22(16-23)9-13-24(17-22)21(26)19-6-11-25(27)12-7-19/h2,4-7,11-12,14H,3,8-10,13,15-17H2,1H3. The van der Waals surface area contributed by atoms with E-state index in [2.05, 4.69) is 17.0 Å². The second-order valence-electron chi connectivity index (χ2n) is 8.09.